The largest absolute Gasteiger partial charge is 0.274 e. The standard InChI is InChI=1S/C42H30N2O4/c45-39-33-22-32(25-10-2-1-3-11-25)34-30-18-19-31(35(34)38(33)42(48)43(39)28-16-14-23-8-4-6-12-26(23)20-28)37-36(30)40(46)44(41(37)47)29-17-15-24-9-5-7-13-27(24)21-29/h1-21,30-31,33,35-38H,22H2/t30-,31-,33+,35-,36+,37+,38-/m0/s1. The number of carbonyl (C=O) groups is 4. The van der Waals surface area contributed by atoms with Crippen LogP contribution >= 0.6 is 0 Å². The van der Waals surface area contributed by atoms with E-state index in [9.17, 15) is 19.2 Å². The summed E-state index contributed by atoms with van der Waals surface area (Å²) in [6, 6.07) is 37.3. The number of fused-ring (bicyclic) bond motifs is 3. The molecule has 2 aliphatic heterocycles. The third-order valence-corrected chi connectivity index (χ3v) is 11.6. The van der Waals surface area contributed by atoms with Crippen molar-refractivity contribution < 1.29 is 19.2 Å². The molecule has 6 aliphatic rings. The highest BCUT2D eigenvalue weighted by molar-refractivity contribution is 6.25. The number of hydrogen-bond donors (Lipinski definition) is 0. The topological polar surface area (TPSA) is 74.8 Å². The Morgan fingerprint density at radius 1 is 0.479 bits per heavy atom. The van der Waals surface area contributed by atoms with Crippen molar-refractivity contribution in [3.63, 3.8) is 0 Å². The fourth-order valence-corrected chi connectivity index (χ4v) is 9.66. The van der Waals surface area contributed by atoms with Gasteiger partial charge in [-0.05, 0) is 69.3 Å². The van der Waals surface area contributed by atoms with Gasteiger partial charge in [-0.2, -0.15) is 0 Å². The third kappa shape index (κ3) is 3.63. The first-order chi connectivity index (χ1) is 23.5. The normalized spacial score (nSPS) is 28.9. The molecule has 4 amide bonds. The molecule has 7 atom stereocenters. The van der Waals surface area contributed by atoms with E-state index in [0.717, 1.165) is 38.3 Å². The number of allylic oxidation sites excluding steroid dienone is 4. The van der Waals surface area contributed by atoms with Crippen LogP contribution in [0.1, 0.15) is 12.0 Å². The van der Waals surface area contributed by atoms with Crippen molar-refractivity contribution in [2.45, 2.75) is 6.42 Å². The molecule has 2 bridgehead atoms. The molecule has 6 heteroatoms. The van der Waals surface area contributed by atoms with Crippen LogP contribution < -0.4 is 9.80 Å². The molecule has 0 spiro atoms. The first-order valence-electron chi connectivity index (χ1n) is 16.7. The predicted molar refractivity (Wildman–Crippen MR) is 184 cm³/mol. The van der Waals surface area contributed by atoms with Crippen molar-refractivity contribution in [1.82, 2.24) is 0 Å². The second kappa shape index (κ2) is 9.94. The lowest BCUT2D eigenvalue weighted by Gasteiger charge is -2.51. The van der Waals surface area contributed by atoms with Gasteiger partial charge in [0.1, 0.15) is 0 Å². The summed E-state index contributed by atoms with van der Waals surface area (Å²) in [5.74, 6) is -4.19. The Morgan fingerprint density at radius 2 is 1.02 bits per heavy atom. The summed E-state index contributed by atoms with van der Waals surface area (Å²) < 4.78 is 0. The van der Waals surface area contributed by atoms with Crippen LogP contribution in [-0.2, 0) is 19.2 Å². The Kier molecular flexibility index (Phi) is 5.69. The molecule has 232 valence electrons. The lowest BCUT2D eigenvalue weighted by Crippen LogP contribution is -2.51. The Balaban J connectivity index is 1.11. The highest BCUT2D eigenvalue weighted by Crippen LogP contribution is 2.63. The van der Waals surface area contributed by atoms with E-state index in [4.69, 9.17) is 0 Å². The summed E-state index contributed by atoms with van der Waals surface area (Å²) in [6.07, 6.45) is 4.58. The maximum atomic E-state index is 14.6. The van der Waals surface area contributed by atoms with Gasteiger partial charge in [0.25, 0.3) is 0 Å². The van der Waals surface area contributed by atoms with E-state index < -0.39 is 23.7 Å². The molecule has 3 fully saturated rings. The third-order valence-electron chi connectivity index (χ3n) is 11.6. The first kappa shape index (κ1) is 27.5. The summed E-state index contributed by atoms with van der Waals surface area (Å²) in [5, 5.41) is 3.99. The quantitative estimate of drug-likeness (QED) is 0.157. The highest BCUT2D eigenvalue weighted by atomic mass is 16.2. The zero-order chi connectivity index (χ0) is 32.3. The van der Waals surface area contributed by atoms with Gasteiger partial charge in [0, 0.05) is 11.8 Å². The van der Waals surface area contributed by atoms with Crippen LogP contribution in [0, 0.1) is 41.4 Å². The first-order valence-corrected chi connectivity index (χ1v) is 16.7. The molecule has 48 heavy (non-hydrogen) atoms. The SMILES string of the molecule is O=C1[C@@H]2[C@H]3C=C[C@@H](C4=C(c5ccccc5)C[C@H]5C(=O)N(c6ccc7ccccc7c6)C(=O)[C@@H]5[C@H]43)[C@H]2C(=O)N1c1ccc2ccccc2c1. The van der Waals surface area contributed by atoms with Crippen molar-refractivity contribution in [2.75, 3.05) is 9.80 Å². The van der Waals surface area contributed by atoms with Crippen LogP contribution in [0.2, 0.25) is 0 Å². The highest BCUT2D eigenvalue weighted by Gasteiger charge is 2.67. The van der Waals surface area contributed by atoms with Gasteiger partial charge in [0.15, 0.2) is 0 Å². The van der Waals surface area contributed by atoms with E-state index in [-0.39, 0.29) is 41.4 Å². The number of nitrogens with zero attached hydrogens (tertiary/aromatic N) is 2. The molecule has 2 heterocycles. The molecular formula is C42H30N2O4. The number of anilines is 2. The van der Waals surface area contributed by atoms with Crippen LogP contribution in [0.3, 0.4) is 0 Å². The molecule has 0 unspecified atom stereocenters. The summed E-state index contributed by atoms with van der Waals surface area (Å²) in [5.41, 5.74) is 4.24. The molecule has 5 aromatic rings. The molecule has 4 aliphatic carbocycles. The van der Waals surface area contributed by atoms with Crippen molar-refractivity contribution in [3.8, 4) is 0 Å². The van der Waals surface area contributed by atoms with Gasteiger partial charge in [-0.25, -0.2) is 4.90 Å². The van der Waals surface area contributed by atoms with E-state index in [1.54, 1.807) is 0 Å². The van der Waals surface area contributed by atoms with Gasteiger partial charge >= 0.3 is 0 Å². The monoisotopic (exact) mass is 626 g/mol. The van der Waals surface area contributed by atoms with Crippen LogP contribution in [0.4, 0.5) is 11.4 Å². The molecule has 11 rings (SSSR count). The molecule has 6 nitrogen and oxygen atoms in total. The van der Waals surface area contributed by atoms with Crippen molar-refractivity contribution >= 4 is 62.1 Å². The molecule has 0 radical (unpaired) electrons. The number of carbonyl (C=O) groups excluding carboxylic acids is 4. The fraction of sp³-hybridized carbons (Fsp3) is 0.190. The van der Waals surface area contributed by atoms with Crippen molar-refractivity contribution in [3.05, 3.63) is 139 Å². The van der Waals surface area contributed by atoms with Crippen LogP contribution in [-0.4, -0.2) is 23.6 Å². The van der Waals surface area contributed by atoms with Gasteiger partial charge < -0.3 is 0 Å². The molecule has 0 aromatic heterocycles. The zero-order valence-corrected chi connectivity index (χ0v) is 25.9. The summed E-state index contributed by atoms with van der Waals surface area (Å²) in [4.78, 5) is 60.6. The smallest absolute Gasteiger partial charge is 0.238 e. The maximum Gasteiger partial charge on any atom is 0.238 e. The minimum Gasteiger partial charge on any atom is -0.274 e. The lowest BCUT2D eigenvalue weighted by atomic mass is 9.49. The summed E-state index contributed by atoms with van der Waals surface area (Å²) >= 11 is 0. The minimum atomic E-state index is -0.609. The van der Waals surface area contributed by atoms with E-state index in [1.165, 1.54) is 9.80 Å². The van der Waals surface area contributed by atoms with Crippen molar-refractivity contribution in [2.24, 2.45) is 41.4 Å². The number of hydrogen-bond acceptors (Lipinski definition) is 4. The molecule has 5 aromatic carbocycles. The van der Waals surface area contributed by atoms with Gasteiger partial charge in [0.05, 0.1) is 35.0 Å². The minimum absolute atomic E-state index is 0.188. The molecular weight excluding hydrogens is 596 g/mol. The van der Waals surface area contributed by atoms with E-state index in [1.807, 2.05) is 103 Å². The number of benzene rings is 5. The molecule has 0 N–H and O–H groups in total. The number of imide groups is 2. The fourth-order valence-electron chi connectivity index (χ4n) is 9.66. The number of rotatable bonds is 3. The zero-order valence-electron chi connectivity index (χ0n) is 25.9. The Hall–Kier alpha value is -5.62. The Bertz CT molecular complexity index is 2320. The molecule has 1 saturated carbocycles. The predicted octanol–water partition coefficient (Wildman–Crippen LogP) is 7.19. The van der Waals surface area contributed by atoms with E-state index >= 15 is 0 Å². The van der Waals surface area contributed by atoms with Crippen LogP contribution in [0.5, 0.6) is 0 Å². The van der Waals surface area contributed by atoms with Gasteiger partial charge in [-0.1, -0.05) is 109 Å². The van der Waals surface area contributed by atoms with E-state index in [2.05, 4.69) is 24.3 Å². The van der Waals surface area contributed by atoms with Gasteiger partial charge in [-0.15, -0.1) is 0 Å². The number of amides is 4. The lowest BCUT2D eigenvalue weighted by molar-refractivity contribution is -0.129. The maximum absolute atomic E-state index is 14.6. The van der Waals surface area contributed by atoms with Crippen LogP contribution in [0.25, 0.3) is 27.1 Å². The Labute approximate surface area is 277 Å². The summed E-state index contributed by atoms with van der Waals surface area (Å²) in [6.45, 7) is 0. The Morgan fingerprint density at radius 3 is 1.67 bits per heavy atom. The molecule has 2 saturated heterocycles. The van der Waals surface area contributed by atoms with E-state index in [0.29, 0.717) is 17.8 Å². The second-order valence-corrected chi connectivity index (χ2v) is 13.8. The average Bonchev–Trinajstić information content (AvgIpc) is 3.56. The second-order valence-electron chi connectivity index (χ2n) is 13.8. The van der Waals surface area contributed by atoms with Gasteiger partial charge in [-0.3, -0.25) is 24.1 Å². The van der Waals surface area contributed by atoms with Crippen molar-refractivity contribution in [1.29, 1.82) is 0 Å². The van der Waals surface area contributed by atoms with Gasteiger partial charge in [0.2, 0.25) is 23.6 Å². The average molecular weight is 627 g/mol. The van der Waals surface area contributed by atoms with Crippen LogP contribution in [0.15, 0.2) is 133 Å². The summed E-state index contributed by atoms with van der Waals surface area (Å²) in [7, 11) is 0.